The van der Waals surface area contributed by atoms with Crippen LogP contribution in [0.3, 0.4) is 0 Å². The van der Waals surface area contributed by atoms with Gasteiger partial charge in [0.05, 0.1) is 11.0 Å². The predicted octanol–water partition coefficient (Wildman–Crippen LogP) is 1.76. The maximum Gasteiger partial charge on any atom is 0.251 e. The standard InChI is InChI=1S/C16H15N5O2/c1-18-15(23)9-2-5-11(6-3-9)19-16-20-12-7-4-10(14(17)22)8-13(12)21-16/h2-8H,1H3,(H2,17,22)(H,18,23)(H2,19,20,21). The van der Waals surface area contributed by atoms with Crippen LogP contribution in [0.4, 0.5) is 11.6 Å². The number of hydrogen-bond acceptors (Lipinski definition) is 4. The topological polar surface area (TPSA) is 113 Å². The molecule has 0 bridgehead atoms. The Bertz CT molecular complexity index is 883. The molecule has 2 aromatic carbocycles. The first kappa shape index (κ1) is 14.6. The molecule has 0 saturated heterocycles. The van der Waals surface area contributed by atoms with Crippen molar-refractivity contribution in [2.45, 2.75) is 0 Å². The molecule has 23 heavy (non-hydrogen) atoms. The molecule has 0 atom stereocenters. The van der Waals surface area contributed by atoms with Gasteiger partial charge in [-0.2, -0.15) is 0 Å². The number of aromatic amines is 1. The van der Waals surface area contributed by atoms with Gasteiger partial charge < -0.3 is 21.4 Å². The smallest absolute Gasteiger partial charge is 0.251 e. The number of rotatable bonds is 4. The summed E-state index contributed by atoms with van der Waals surface area (Å²) in [4.78, 5) is 30.2. The molecule has 1 aromatic heterocycles. The molecule has 2 amide bonds. The largest absolute Gasteiger partial charge is 0.366 e. The lowest BCUT2D eigenvalue weighted by atomic mass is 10.2. The zero-order valence-corrected chi connectivity index (χ0v) is 12.4. The summed E-state index contributed by atoms with van der Waals surface area (Å²) >= 11 is 0. The number of benzene rings is 2. The molecule has 116 valence electrons. The number of primary amides is 1. The Kier molecular flexibility index (Phi) is 3.68. The number of carbonyl (C=O) groups is 2. The number of aromatic nitrogens is 2. The monoisotopic (exact) mass is 309 g/mol. The average Bonchev–Trinajstić information content (AvgIpc) is 2.96. The number of hydrogen-bond donors (Lipinski definition) is 4. The second kappa shape index (κ2) is 5.80. The first-order valence-corrected chi connectivity index (χ1v) is 6.95. The van der Waals surface area contributed by atoms with Crippen LogP contribution >= 0.6 is 0 Å². The highest BCUT2D eigenvalue weighted by Crippen LogP contribution is 2.19. The summed E-state index contributed by atoms with van der Waals surface area (Å²) in [5.41, 5.74) is 8.48. The third kappa shape index (κ3) is 2.98. The molecule has 3 aromatic rings. The second-order valence-corrected chi connectivity index (χ2v) is 4.96. The van der Waals surface area contributed by atoms with Crippen molar-refractivity contribution in [3.8, 4) is 0 Å². The van der Waals surface area contributed by atoms with Gasteiger partial charge in [-0.3, -0.25) is 9.59 Å². The molecule has 3 rings (SSSR count). The van der Waals surface area contributed by atoms with Crippen molar-refractivity contribution in [3.05, 3.63) is 53.6 Å². The van der Waals surface area contributed by atoms with E-state index in [1.54, 1.807) is 49.5 Å². The van der Waals surface area contributed by atoms with E-state index in [0.717, 1.165) is 11.2 Å². The summed E-state index contributed by atoms with van der Waals surface area (Å²) in [6.45, 7) is 0. The highest BCUT2D eigenvalue weighted by atomic mass is 16.1. The number of fused-ring (bicyclic) bond motifs is 1. The van der Waals surface area contributed by atoms with Crippen LogP contribution in [0, 0.1) is 0 Å². The van der Waals surface area contributed by atoms with Crippen molar-refractivity contribution in [1.82, 2.24) is 15.3 Å². The van der Waals surface area contributed by atoms with Gasteiger partial charge in [-0.05, 0) is 42.5 Å². The second-order valence-electron chi connectivity index (χ2n) is 4.96. The molecule has 5 N–H and O–H groups in total. The number of nitrogens with one attached hydrogen (secondary N) is 3. The average molecular weight is 309 g/mol. The Balaban J connectivity index is 1.83. The Morgan fingerprint density at radius 1 is 1.09 bits per heavy atom. The van der Waals surface area contributed by atoms with E-state index in [1.165, 1.54) is 0 Å². The van der Waals surface area contributed by atoms with Crippen LogP contribution in [0.25, 0.3) is 11.0 Å². The molecule has 0 fully saturated rings. The lowest BCUT2D eigenvalue weighted by molar-refractivity contribution is 0.0961. The van der Waals surface area contributed by atoms with E-state index >= 15 is 0 Å². The van der Waals surface area contributed by atoms with Gasteiger partial charge in [0, 0.05) is 23.9 Å². The van der Waals surface area contributed by atoms with Gasteiger partial charge in [0.15, 0.2) is 0 Å². The minimum atomic E-state index is -0.485. The summed E-state index contributed by atoms with van der Waals surface area (Å²) in [6, 6.07) is 12.0. The molecule has 7 heteroatoms. The third-order valence-corrected chi connectivity index (χ3v) is 3.40. The van der Waals surface area contributed by atoms with Crippen molar-refractivity contribution in [1.29, 1.82) is 0 Å². The molecule has 7 nitrogen and oxygen atoms in total. The summed E-state index contributed by atoms with van der Waals surface area (Å²) in [5.74, 6) is -0.0885. The summed E-state index contributed by atoms with van der Waals surface area (Å²) in [7, 11) is 1.59. The Morgan fingerprint density at radius 2 is 1.78 bits per heavy atom. The Labute approximate surface area is 131 Å². The number of imidazole rings is 1. The Morgan fingerprint density at radius 3 is 2.43 bits per heavy atom. The first-order valence-electron chi connectivity index (χ1n) is 6.95. The lowest BCUT2D eigenvalue weighted by Crippen LogP contribution is -2.17. The number of amides is 2. The summed E-state index contributed by atoms with van der Waals surface area (Å²) in [5, 5.41) is 5.68. The predicted molar refractivity (Wildman–Crippen MR) is 87.7 cm³/mol. The number of nitrogens with two attached hydrogens (primary N) is 1. The molecule has 0 radical (unpaired) electrons. The van der Waals surface area contributed by atoms with Crippen LogP contribution in [0.1, 0.15) is 20.7 Å². The fraction of sp³-hybridized carbons (Fsp3) is 0.0625. The van der Waals surface area contributed by atoms with E-state index in [1.807, 2.05) is 0 Å². The molecule has 0 saturated carbocycles. The van der Waals surface area contributed by atoms with Crippen LogP contribution in [-0.2, 0) is 0 Å². The number of H-pyrrole nitrogens is 1. The van der Waals surface area contributed by atoms with Gasteiger partial charge in [0.25, 0.3) is 5.91 Å². The first-order chi connectivity index (χ1) is 11.1. The van der Waals surface area contributed by atoms with Gasteiger partial charge >= 0.3 is 0 Å². The van der Waals surface area contributed by atoms with E-state index in [-0.39, 0.29) is 5.91 Å². The van der Waals surface area contributed by atoms with Gasteiger partial charge in [-0.15, -0.1) is 0 Å². The van der Waals surface area contributed by atoms with E-state index < -0.39 is 5.91 Å². The van der Waals surface area contributed by atoms with Crippen LogP contribution in [-0.4, -0.2) is 28.8 Å². The van der Waals surface area contributed by atoms with E-state index in [0.29, 0.717) is 22.6 Å². The molecule has 0 spiro atoms. The molecule has 0 unspecified atom stereocenters. The molecular formula is C16H15N5O2. The van der Waals surface area contributed by atoms with Gasteiger partial charge in [0.1, 0.15) is 0 Å². The molecule has 0 aliphatic heterocycles. The van der Waals surface area contributed by atoms with Gasteiger partial charge in [0.2, 0.25) is 11.9 Å². The van der Waals surface area contributed by atoms with Crippen molar-refractivity contribution in [2.24, 2.45) is 5.73 Å². The summed E-state index contributed by atoms with van der Waals surface area (Å²) in [6.07, 6.45) is 0. The minimum absolute atomic E-state index is 0.140. The fourth-order valence-electron chi connectivity index (χ4n) is 2.21. The third-order valence-electron chi connectivity index (χ3n) is 3.40. The molecule has 0 aliphatic carbocycles. The van der Waals surface area contributed by atoms with Crippen molar-refractivity contribution >= 4 is 34.5 Å². The molecule has 1 heterocycles. The van der Waals surface area contributed by atoms with Gasteiger partial charge in [-0.25, -0.2) is 4.98 Å². The zero-order chi connectivity index (χ0) is 16.4. The van der Waals surface area contributed by atoms with Crippen LogP contribution < -0.4 is 16.4 Å². The zero-order valence-electron chi connectivity index (χ0n) is 12.4. The number of nitrogens with zero attached hydrogens (tertiary/aromatic N) is 1. The normalized spacial score (nSPS) is 10.5. The maximum absolute atomic E-state index is 11.5. The highest BCUT2D eigenvalue weighted by Gasteiger charge is 2.07. The lowest BCUT2D eigenvalue weighted by Gasteiger charge is -2.04. The van der Waals surface area contributed by atoms with Crippen LogP contribution in [0.15, 0.2) is 42.5 Å². The van der Waals surface area contributed by atoms with E-state index in [2.05, 4.69) is 20.6 Å². The van der Waals surface area contributed by atoms with Crippen LogP contribution in [0.5, 0.6) is 0 Å². The van der Waals surface area contributed by atoms with Crippen molar-refractivity contribution < 1.29 is 9.59 Å². The maximum atomic E-state index is 11.5. The number of carbonyl (C=O) groups excluding carboxylic acids is 2. The van der Waals surface area contributed by atoms with Crippen molar-refractivity contribution in [2.75, 3.05) is 12.4 Å². The summed E-state index contributed by atoms with van der Waals surface area (Å²) < 4.78 is 0. The Hall–Kier alpha value is -3.35. The SMILES string of the molecule is CNC(=O)c1ccc(Nc2nc3ccc(C(N)=O)cc3[nH]2)cc1. The molecule has 0 aliphatic rings. The van der Waals surface area contributed by atoms with Crippen LogP contribution in [0.2, 0.25) is 0 Å². The fourth-order valence-corrected chi connectivity index (χ4v) is 2.21. The quantitative estimate of drug-likeness (QED) is 0.588. The molecular weight excluding hydrogens is 294 g/mol. The van der Waals surface area contributed by atoms with E-state index in [4.69, 9.17) is 5.73 Å². The van der Waals surface area contributed by atoms with Crippen molar-refractivity contribution in [3.63, 3.8) is 0 Å². The van der Waals surface area contributed by atoms with Gasteiger partial charge in [-0.1, -0.05) is 0 Å². The number of anilines is 2. The minimum Gasteiger partial charge on any atom is -0.366 e. The highest BCUT2D eigenvalue weighted by molar-refractivity contribution is 5.96. The van der Waals surface area contributed by atoms with E-state index in [9.17, 15) is 9.59 Å².